The molecule has 0 saturated carbocycles. The predicted molar refractivity (Wildman–Crippen MR) is 64.1 cm³/mol. The van der Waals surface area contributed by atoms with E-state index in [1.54, 1.807) is 0 Å². The van der Waals surface area contributed by atoms with Crippen molar-refractivity contribution in [2.45, 2.75) is 32.9 Å². The molecule has 2 rings (SSSR count). The number of aryl methyl sites for hydroxylation is 2. The van der Waals surface area contributed by atoms with Gasteiger partial charge in [-0.25, -0.2) is 0 Å². The molecule has 2 N–H and O–H groups in total. The average Bonchev–Trinajstić information content (AvgIpc) is 2.11. The van der Waals surface area contributed by atoms with Crippen LogP contribution >= 0.6 is 0 Å². The second kappa shape index (κ2) is 4.33. The van der Waals surface area contributed by atoms with Gasteiger partial charge in [-0.1, -0.05) is 23.8 Å². The van der Waals surface area contributed by atoms with E-state index in [0.717, 1.165) is 13.1 Å². The zero-order valence-corrected chi connectivity index (χ0v) is 9.80. The maximum Gasteiger partial charge on any atom is 0.0322 e. The van der Waals surface area contributed by atoms with Crippen molar-refractivity contribution in [1.82, 2.24) is 10.6 Å². The van der Waals surface area contributed by atoms with Gasteiger partial charge >= 0.3 is 0 Å². The zero-order chi connectivity index (χ0) is 10.8. The lowest BCUT2D eigenvalue weighted by atomic mass is 9.99. The first-order valence-electron chi connectivity index (χ1n) is 5.71. The maximum absolute atomic E-state index is 3.63. The van der Waals surface area contributed by atoms with E-state index in [1.165, 1.54) is 16.7 Å². The van der Waals surface area contributed by atoms with Gasteiger partial charge in [0.25, 0.3) is 0 Å². The standard InChI is InChI=1S/C13H20N2/c1-9-4-5-13(10(2)6-9)11(3)15-12-7-14-8-12/h4-6,11-12,14-15H,7-8H2,1-3H3. The molecule has 2 nitrogen and oxygen atoms in total. The van der Waals surface area contributed by atoms with E-state index < -0.39 is 0 Å². The SMILES string of the molecule is Cc1ccc(C(C)NC2CNC2)c(C)c1. The van der Waals surface area contributed by atoms with Gasteiger partial charge in [-0.15, -0.1) is 0 Å². The molecule has 1 aromatic rings. The molecule has 0 amide bonds. The number of rotatable bonds is 3. The van der Waals surface area contributed by atoms with Crippen LogP contribution in [0.3, 0.4) is 0 Å². The van der Waals surface area contributed by atoms with Gasteiger partial charge in [0, 0.05) is 25.2 Å². The van der Waals surface area contributed by atoms with Gasteiger partial charge in [-0.2, -0.15) is 0 Å². The Morgan fingerprint density at radius 3 is 2.60 bits per heavy atom. The second-order valence-electron chi connectivity index (χ2n) is 4.60. The highest BCUT2D eigenvalue weighted by molar-refractivity contribution is 5.32. The quantitative estimate of drug-likeness (QED) is 0.786. The van der Waals surface area contributed by atoms with E-state index in [-0.39, 0.29) is 0 Å². The third kappa shape index (κ3) is 2.39. The molecule has 0 radical (unpaired) electrons. The first kappa shape index (κ1) is 10.7. The Balaban J connectivity index is 2.06. The first-order chi connectivity index (χ1) is 7.16. The molecule has 0 aromatic heterocycles. The largest absolute Gasteiger partial charge is 0.314 e. The number of hydrogen-bond acceptors (Lipinski definition) is 2. The summed E-state index contributed by atoms with van der Waals surface area (Å²) in [5.41, 5.74) is 4.16. The average molecular weight is 204 g/mol. The fraction of sp³-hybridized carbons (Fsp3) is 0.538. The van der Waals surface area contributed by atoms with Gasteiger partial charge < -0.3 is 10.6 Å². The minimum atomic E-state index is 0.456. The van der Waals surface area contributed by atoms with Crippen LogP contribution in [0.25, 0.3) is 0 Å². The van der Waals surface area contributed by atoms with Gasteiger partial charge in [0.1, 0.15) is 0 Å². The van der Waals surface area contributed by atoms with Gasteiger partial charge in [0.05, 0.1) is 0 Å². The fourth-order valence-corrected chi connectivity index (χ4v) is 2.16. The normalized spacial score (nSPS) is 18.6. The Hall–Kier alpha value is -0.860. The third-order valence-corrected chi connectivity index (χ3v) is 3.16. The summed E-state index contributed by atoms with van der Waals surface area (Å²) in [6.45, 7) is 8.80. The molecular weight excluding hydrogens is 184 g/mol. The fourth-order valence-electron chi connectivity index (χ4n) is 2.16. The molecule has 1 fully saturated rings. The Kier molecular flexibility index (Phi) is 3.08. The zero-order valence-electron chi connectivity index (χ0n) is 9.80. The lowest BCUT2D eigenvalue weighted by Gasteiger charge is -2.31. The van der Waals surface area contributed by atoms with Crippen LogP contribution in [0.1, 0.15) is 29.7 Å². The van der Waals surface area contributed by atoms with Crippen LogP contribution in [0.4, 0.5) is 0 Å². The summed E-state index contributed by atoms with van der Waals surface area (Å²) in [5.74, 6) is 0. The molecule has 1 atom stereocenters. The molecule has 1 unspecified atom stereocenters. The van der Waals surface area contributed by atoms with Crippen LogP contribution in [0.5, 0.6) is 0 Å². The van der Waals surface area contributed by atoms with E-state index >= 15 is 0 Å². The molecule has 1 aromatic carbocycles. The molecule has 2 heteroatoms. The third-order valence-electron chi connectivity index (χ3n) is 3.16. The van der Waals surface area contributed by atoms with Gasteiger partial charge in [0.15, 0.2) is 0 Å². The van der Waals surface area contributed by atoms with E-state index in [0.29, 0.717) is 12.1 Å². The molecule has 82 valence electrons. The van der Waals surface area contributed by atoms with Crippen LogP contribution in [0.2, 0.25) is 0 Å². The number of hydrogen-bond donors (Lipinski definition) is 2. The van der Waals surface area contributed by atoms with Crippen molar-refractivity contribution in [3.05, 3.63) is 34.9 Å². The number of nitrogens with one attached hydrogen (secondary N) is 2. The molecule has 1 aliphatic rings. The molecule has 1 aliphatic heterocycles. The Bertz CT molecular complexity index is 342. The van der Waals surface area contributed by atoms with E-state index in [2.05, 4.69) is 49.6 Å². The monoisotopic (exact) mass is 204 g/mol. The molecule has 15 heavy (non-hydrogen) atoms. The van der Waals surface area contributed by atoms with Crippen LogP contribution < -0.4 is 10.6 Å². The summed E-state index contributed by atoms with van der Waals surface area (Å²) in [5, 5.41) is 6.91. The Morgan fingerprint density at radius 1 is 1.33 bits per heavy atom. The molecule has 0 spiro atoms. The van der Waals surface area contributed by atoms with Gasteiger partial charge in [-0.05, 0) is 31.9 Å². The van der Waals surface area contributed by atoms with Crippen molar-refractivity contribution in [3.8, 4) is 0 Å². The van der Waals surface area contributed by atoms with E-state index in [1.807, 2.05) is 0 Å². The van der Waals surface area contributed by atoms with Crippen molar-refractivity contribution >= 4 is 0 Å². The molecule has 1 heterocycles. The minimum Gasteiger partial charge on any atom is -0.314 e. The Labute approximate surface area is 92.1 Å². The summed E-state index contributed by atoms with van der Waals surface area (Å²) >= 11 is 0. The molecule has 0 bridgehead atoms. The van der Waals surface area contributed by atoms with Crippen LogP contribution in [0.15, 0.2) is 18.2 Å². The molecular formula is C13H20N2. The highest BCUT2D eigenvalue weighted by Crippen LogP contribution is 2.19. The lowest BCUT2D eigenvalue weighted by Crippen LogP contribution is -2.55. The van der Waals surface area contributed by atoms with Crippen LogP contribution in [-0.2, 0) is 0 Å². The van der Waals surface area contributed by atoms with Crippen LogP contribution in [-0.4, -0.2) is 19.1 Å². The van der Waals surface area contributed by atoms with E-state index in [4.69, 9.17) is 0 Å². The summed E-state index contributed by atoms with van der Waals surface area (Å²) in [6, 6.07) is 7.80. The predicted octanol–water partition coefficient (Wildman–Crippen LogP) is 1.93. The van der Waals surface area contributed by atoms with Crippen molar-refractivity contribution in [3.63, 3.8) is 0 Å². The van der Waals surface area contributed by atoms with E-state index in [9.17, 15) is 0 Å². The van der Waals surface area contributed by atoms with Crippen LogP contribution in [0, 0.1) is 13.8 Å². The lowest BCUT2D eigenvalue weighted by molar-refractivity contribution is 0.338. The second-order valence-corrected chi connectivity index (χ2v) is 4.60. The van der Waals surface area contributed by atoms with Crippen molar-refractivity contribution in [2.24, 2.45) is 0 Å². The smallest absolute Gasteiger partial charge is 0.0322 e. The van der Waals surface area contributed by atoms with Gasteiger partial charge in [-0.3, -0.25) is 0 Å². The topological polar surface area (TPSA) is 24.1 Å². The Morgan fingerprint density at radius 2 is 2.07 bits per heavy atom. The first-order valence-corrected chi connectivity index (χ1v) is 5.71. The number of benzene rings is 1. The molecule has 0 aliphatic carbocycles. The summed E-state index contributed by atoms with van der Waals surface area (Å²) in [7, 11) is 0. The molecule has 1 saturated heterocycles. The van der Waals surface area contributed by atoms with Gasteiger partial charge in [0.2, 0.25) is 0 Å². The highest BCUT2D eigenvalue weighted by atomic mass is 15.1. The summed E-state index contributed by atoms with van der Waals surface area (Å²) in [6.07, 6.45) is 0. The highest BCUT2D eigenvalue weighted by Gasteiger charge is 2.19. The van der Waals surface area contributed by atoms with Crippen molar-refractivity contribution in [2.75, 3.05) is 13.1 Å². The van der Waals surface area contributed by atoms with Crippen molar-refractivity contribution in [1.29, 1.82) is 0 Å². The van der Waals surface area contributed by atoms with Crippen molar-refractivity contribution < 1.29 is 0 Å². The minimum absolute atomic E-state index is 0.456. The summed E-state index contributed by atoms with van der Waals surface area (Å²) in [4.78, 5) is 0. The summed E-state index contributed by atoms with van der Waals surface area (Å²) < 4.78 is 0. The maximum atomic E-state index is 3.63.